The van der Waals surface area contributed by atoms with Crippen LogP contribution in [0.15, 0.2) is 40.4 Å². The molecule has 0 aliphatic carbocycles. The molecule has 4 rings (SSSR count). The van der Waals surface area contributed by atoms with E-state index in [0.29, 0.717) is 22.8 Å². The summed E-state index contributed by atoms with van der Waals surface area (Å²) in [4.78, 5) is 12.4. The maximum atomic E-state index is 14.8. The smallest absolute Gasteiger partial charge is 0.310 e. The largest absolute Gasteiger partial charge is 0.459 e. The van der Waals surface area contributed by atoms with Crippen molar-refractivity contribution in [2.75, 3.05) is 11.9 Å². The SMILES string of the molecule is Cc1ccc(C2=NCc3cc(F)c(C4(C)N=C(N)OCC4(F)F)cc3N2)nc1. The van der Waals surface area contributed by atoms with Crippen molar-refractivity contribution in [3.63, 3.8) is 0 Å². The van der Waals surface area contributed by atoms with Crippen LogP contribution in [-0.2, 0) is 16.8 Å². The van der Waals surface area contributed by atoms with Crippen LogP contribution in [0.2, 0.25) is 0 Å². The van der Waals surface area contributed by atoms with E-state index < -0.39 is 29.9 Å². The first-order valence-electron chi connectivity index (χ1n) is 8.63. The molecule has 9 heteroatoms. The number of ether oxygens (including phenoxy) is 1. The summed E-state index contributed by atoms with van der Waals surface area (Å²) in [7, 11) is 0. The molecular formula is C19H18F3N5O. The molecule has 1 aromatic carbocycles. The van der Waals surface area contributed by atoms with E-state index in [1.54, 1.807) is 12.3 Å². The van der Waals surface area contributed by atoms with Gasteiger partial charge in [0.25, 0.3) is 6.02 Å². The number of nitrogens with one attached hydrogen (secondary N) is 1. The lowest BCUT2D eigenvalue weighted by Crippen LogP contribution is -2.51. The Kier molecular flexibility index (Phi) is 4.06. The minimum Gasteiger partial charge on any atom is -0.459 e. The van der Waals surface area contributed by atoms with Gasteiger partial charge in [0.2, 0.25) is 0 Å². The Labute approximate surface area is 159 Å². The third-order valence-electron chi connectivity index (χ3n) is 4.98. The Morgan fingerprint density at radius 3 is 2.75 bits per heavy atom. The number of rotatable bonds is 2. The molecule has 3 N–H and O–H groups in total. The predicted molar refractivity (Wildman–Crippen MR) is 99.1 cm³/mol. The highest BCUT2D eigenvalue weighted by molar-refractivity contribution is 6.08. The first kappa shape index (κ1) is 18.3. The summed E-state index contributed by atoms with van der Waals surface area (Å²) in [6.45, 7) is 2.29. The molecule has 0 saturated carbocycles. The zero-order valence-electron chi connectivity index (χ0n) is 15.3. The molecule has 1 aromatic heterocycles. The van der Waals surface area contributed by atoms with Crippen molar-refractivity contribution in [3.8, 4) is 0 Å². The number of nitrogens with zero attached hydrogens (tertiary/aromatic N) is 3. The molecule has 0 spiro atoms. The molecule has 3 heterocycles. The first-order valence-corrected chi connectivity index (χ1v) is 8.63. The fraction of sp³-hybridized carbons (Fsp3) is 0.316. The molecule has 2 aliphatic rings. The number of amidine groups is 2. The van der Waals surface area contributed by atoms with Gasteiger partial charge in [0.1, 0.15) is 11.5 Å². The van der Waals surface area contributed by atoms with E-state index in [1.807, 2.05) is 13.0 Å². The Bertz CT molecular complexity index is 1000. The predicted octanol–water partition coefficient (Wildman–Crippen LogP) is 3.10. The van der Waals surface area contributed by atoms with E-state index >= 15 is 0 Å². The Morgan fingerprint density at radius 1 is 1.25 bits per heavy atom. The fourth-order valence-corrected chi connectivity index (χ4v) is 3.22. The lowest BCUT2D eigenvalue weighted by atomic mass is 9.84. The van der Waals surface area contributed by atoms with Gasteiger partial charge in [-0.25, -0.2) is 9.38 Å². The maximum Gasteiger partial charge on any atom is 0.310 e. The van der Waals surface area contributed by atoms with Crippen LogP contribution >= 0.6 is 0 Å². The molecule has 2 aromatic rings. The van der Waals surface area contributed by atoms with E-state index in [2.05, 4.69) is 25.0 Å². The van der Waals surface area contributed by atoms with Gasteiger partial charge >= 0.3 is 5.92 Å². The van der Waals surface area contributed by atoms with Crippen molar-refractivity contribution in [3.05, 3.63) is 58.7 Å². The maximum absolute atomic E-state index is 14.8. The number of aromatic nitrogens is 1. The lowest BCUT2D eigenvalue weighted by molar-refractivity contribution is -0.117. The molecular weight excluding hydrogens is 371 g/mol. The average molecular weight is 389 g/mol. The number of alkyl halides is 2. The summed E-state index contributed by atoms with van der Waals surface area (Å²) in [5.74, 6) is -3.75. The summed E-state index contributed by atoms with van der Waals surface area (Å²) >= 11 is 0. The number of pyridine rings is 1. The standard InChI is InChI=1S/C19H18F3N5O/c1-10-3-4-14(24-7-10)16-25-8-11-5-13(20)12(6-15(11)26-16)18(2)19(21,22)9-28-17(23)27-18/h3-7H,8-9H2,1-2H3,(H2,23,27)(H,25,26). The van der Waals surface area contributed by atoms with Crippen molar-refractivity contribution in [2.45, 2.75) is 31.9 Å². The molecule has 1 atom stereocenters. The molecule has 0 saturated heterocycles. The highest BCUT2D eigenvalue weighted by Gasteiger charge is 2.56. The summed E-state index contributed by atoms with van der Waals surface area (Å²) in [5.41, 5.74) is 5.66. The summed E-state index contributed by atoms with van der Waals surface area (Å²) in [6.07, 6.45) is 1.70. The van der Waals surface area contributed by atoms with Gasteiger partial charge < -0.3 is 15.8 Å². The Balaban J connectivity index is 1.76. The van der Waals surface area contributed by atoms with Crippen LogP contribution in [-0.4, -0.2) is 29.4 Å². The number of hydrogen-bond donors (Lipinski definition) is 2. The molecule has 146 valence electrons. The first-order chi connectivity index (χ1) is 13.2. The van der Waals surface area contributed by atoms with Crippen molar-refractivity contribution in [1.29, 1.82) is 0 Å². The zero-order chi connectivity index (χ0) is 20.1. The normalized spacial score (nSPS) is 23.0. The molecule has 2 aliphatic heterocycles. The van der Waals surface area contributed by atoms with Crippen LogP contribution in [0.4, 0.5) is 18.9 Å². The second-order valence-corrected chi connectivity index (χ2v) is 7.02. The molecule has 6 nitrogen and oxygen atoms in total. The van der Waals surface area contributed by atoms with E-state index in [1.165, 1.54) is 12.1 Å². The average Bonchev–Trinajstić information content (AvgIpc) is 2.65. The Hall–Kier alpha value is -3.10. The van der Waals surface area contributed by atoms with Gasteiger partial charge in [-0.3, -0.25) is 9.98 Å². The molecule has 0 fully saturated rings. The van der Waals surface area contributed by atoms with Crippen LogP contribution in [0.1, 0.15) is 29.3 Å². The zero-order valence-corrected chi connectivity index (χ0v) is 15.3. The summed E-state index contributed by atoms with van der Waals surface area (Å²) < 4.78 is 48.6. The van der Waals surface area contributed by atoms with Crippen molar-refractivity contribution in [1.82, 2.24) is 4.98 Å². The third-order valence-corrected chi connectivity index (χ3v) is 4.98. The second-order valence-electron chi connectivity index (χ2n) is 7.02. The van der Waals surface area contributed by atoms with Gasteiger partial charge in [-0.1, -0.05) is 6.07 Å². The number of nitrogens with two attached hydrogens (primary N) is 1. The monoisotopic (exact) mass is 389 g/mol. The number of benzene rings is 1. The molecule has 0 radical (unpaired) electrons. The van der Waals surface area contributed by atoms with Gasteiger partial charge in [-0.05, 0) is 37.6 Å². The van der Waals surface area contributed by atoms with Crippen molar-refractivity contribution in [2.24, 2.45) is 15.7 Å². The number of fused-ring (bicyclic) bond motifs is 1. The topological polar surface area (TPSA) is 84.9 Å². The van der Waals surface area contributed by atoms with Crippen LogP contribution < -0.4 is 11.1 Å². The number of anilines is 1. The van der Waals surface area contributed by atoms with Gasteiger partial charge in [0, 0.05) is 23.0 Å². The van der Waals surface area contributed by atoms with E-state index in [0.717, 1.165) is 12.5 Å². The summed E-state index contributed by atoms with van der Waals surface area (Å²) in [5, 5.41) is 3.06. The van der Waals surface area contributed by atoms with E-state index in [4.69, 9.17) is 5.73 Å². The van der Waals surface area contributed by atoms with Gasteiger partial charge in [0.05, 0.1) is 6.54 Å². The lowest BCUT2D eigenvalue weighted by Gasteiger charge is -2.38. The highest BCUT2D eigenvalue weighted by Crippen LogP contribution is 2.45. The minimum absolute atomic E-state index is 0.200. The number of aryl methyl sites for hydroxylation is 1. The van der Waals surface area contributed by atoms with Crippen LogP contribution in [0.25, 0.3) is 0 Å². The minimum atomic E-state index is -3.44. The number of hydrogen-bond acceptors (Lipinski definition) is 6. The molecule has 1 unspecified atom stereocenters. The molecule has 0 amide bonds. The van der Waals surface area contributed by atoms with Gasteiger partial charge in [-0.15, -0.1) is 0 Å². The van der Waals surface area contributed by atoms with Crippen LogP contribution in [0.5, 0.6) is 0 Å². The van der Waals surface area contributed by atoms with Crippen LogP contribution in [0, 0.1) is 12.7 Å². The second kappa shape index (κ2) is 6.22. The van der Waals surface area contributed by atoms with E-state index in [-0.39, 0.29) is 12.1 Å². The fourth-order valence-electron chi connectivity index (χ4n) is 3.22. The van der Waals surface area contributed by atoms with E-state index in [9.17, 15) is 13.2 Å². The number of halogens is 3. The van der Waals surface area contributed by atoms with Crippen molar-refractivity contribution < 1.29 is 17.9 Å². The quantitative estimate of drug-likeness (QED) is 0.827. The Morgan fingerprint density at radius 2 is 2.04 bits per heavy atom. The highest BCUT2D eigenvalue weighted by atomic mass is 19.3. The van der Waals surface area contributed by atoms with Crippen molar-refractivity contribution >= 4 is 17.5 Å². The number of aliphatic imine (C=N–C) groups is 2. The molecule has 28 heavy (non-hydrogen) atoms. The third kappa shape index (κ3) is 2.87. The van der Waals surface area contributed by atoms with Gasteiger partial charge in [0.15, 0.2) is 18.0 Å². The molecule has 0 bridgehead atoms. The van der Waals surface area contributed by atoms with Crippen LogP contribution in [0.3, 0.4) is 0 Å². The summed E-state index contributed by atoms with van der Waals surface area (Å²) in [6, 6.07) is 5.83. The van der Waals surface area contributed by atoms with Gasteiger partial charge in [-0.2, -0.15) is 8.78 Å².